The molecule has 0 N–H and O–H groups in total. The van der Waals surface area contributed by atoms with Gasteiger partial charge >= 0.3 is 0 Å². The standard InChI is InChI=1S/C20H23NO4/c1-23-16-5-6-17-15(12-16)8-9-21(13-22)18(17)10-14-4-7-19(24-2)20(11-14)25-3/h4-7,11-13,18H,8-10H2,1-3H3. The van der Waals surface area contributed by atoms with Crippen molar-refractivity contribution in [1.29, 1.82) is 0 Å². The summed E-state index contributed by atoms with van der Waals surface area (Å²) in [5, 5.41) is 0. The predicted molar refractivity (Wildman–Crippen MR) is 95.5 cm³/mol. The highest BCUT2D eigenvalue weighted by atomic mass is 16.5. The zero-order valence-electron chi connectivity index (χ0n) is 14.8. The molecule has 1 unspecified atom stereocenters. The minimum Gasteiger partial charge on any atom is -0.497 e. The Morgan fingerprint density at radius 1 is 1.04 bits per heavy atom. The number of benzene rings is 2. The number of hydrogen-bond donors (Lipinski definition) is 0. The van der Waals surface area contributed by atoms with Gasteiger partial charge in [-0.2, -0.15) is 0 Å². The van der Waals surface area contributed by atoms with E-state index < -0.39 is 0 Å². The molecule has 5 heteroatoms. The zero-order chi connectivity index (χ0) is 17.8. The maximum Gasteiger partial charge on any atom is 0.210 e. The predicted octanol–water partition coefficient (Wildman–Crippen LogP) is 3.01. The van der Waals surface area contributed by atoms with Crippen molar-refractivity contribution in [2.24, 2.45) is 0 Å². The number of nitrogens with zero attached hydrogens (tertiary/aromatic N) is 1. The van der Waals surface area contributed by atoms with E-state index in [4.69, 9.17) is 14.2 Å². The number of ether oxygens (including phenoxy) is 3. The van der Waals surface area contributed by atoms with E-state index in [1.807, 2.05) is 29.2 Å². The monoisotopic (exact) mass is 341 g/mol. The molecule has 0 fully saturated rings. The number of carbonyl (C=O) groups excluding carboxylic acids is 1. The van der Waals surface area contributed by atoms with Gasteiger partial charge in [-0.25, -0.2) is 0 Å². The molecule has 0 saturated carbocycles. The quantitative estimate of drug-likeness (QED) is 0.758. The first-order valence-electron chi connectivity index (χ1n) is 8.29. The average Bonchev–Trinajstić information content (AvgIpc) is 2.67. The van der Waals surface area contributed by atoms with Gasteiger partial charge < -0.3 is 19.1 Å². The Hall–Kier alpha value is -2.69. The third-order valence-corrected chi connectivity index (χ3v) is 4.76. The van der Waals surface area contributed by atoms with Gasteiger partial charge in [-0.1, -0.05) is 12.1 Å². The van der Waals surface area contributed by atoms with Crippen molar-refractivity contribution in [1.82, 2.24) is 4.90 Å². The fourth-order valence-electron chi connectivity index (χ4n) is 3.42. The lowest BCUT2D eigenvalue weighted by atomic mass is 9.89. The Kier molecular flexibility index (Phi) is 5.12. The molecule has 2 aromatic rings. The fourth-order valence-corrected chi connectivity index (χ4v) is 3.42. The van der Waals surface area contributed by atoms with Gasteiger partial charge in [0.2, 0.25) is 6.41 Å². The summed E-state index contributed by atoms with van der Waals surface area (Å²) in [6.45, 7) is 0.710. The molecule has 1 aliphatic rings. The maximum atomic E-state index is 11.6. The lowest BCUT2D eigenvalue weighted by molar-refractivity contribution is -0.120. The number of amides is 1. The Balaban J connectivity index is 1.94. The SMILES string of the molecule is COc1ccc2c(c1)CCN(C=O)C2Cc1ccc(OC)c(OC)c1. The summed E-state index contributed by atoms with van der Waals surface area (Å²) in [6, 6.07) is 12.0. The van der Waals surface area contributed by atoms with Gasteiger partial charge in [-0.15, -0.1) is 0 Å². The molecule has 1 amide bonds. The Morgan fingerprint density at radius 2 is 1.84 bits per heavy atom. The van der Waals surface area contributed by atoms with Crippen LogP contribution in [0.2, 0.25) is 0 Å². The van der Waals surface area contributed by atoms with Crippen LogP contribution >= 0.6 is 0 Å². The molecular formula is C20H23NO4. The van der Waals surface area contributed by atoms with E-state index in [-0.39, 0.29) is 6.04 Å². The highest BCUT2D eigenvalue weighted by Gasteiger charge is 2.27. The molecule has 132 valence electrons. The lowest BCUT2D eigenvalue weighted by Crippen LogP contribution is -2.35. The van der Waals surface area contributed by atoms with Crippen molar-refractivity contribution in [2.45, 2.75) is 18.9 Å². The lowest BCUT2D eigenvalue weighted by Gasteiger charge is -2.35. The Labute approximate surface area is 148 Å². The second-order valence-corrected chi connectivity index (χ2v) is 6.07. The molecule has 25 heavy (non-hydrogen) atoms. The maximum absolute atomic E-state index is 11.6. The van der Waals surface area contributed by atoms with Crippen molar-refractivity contribution in [3.8, 4) is 17.2 Å². The summed E-state index contributed by atoms with van der Waals surface area (Å²) in [7, 11) is 4.92. The average molecular weight is 341 g/mol. The number of carbonyl (C=O) groups is 1. The van der Waals surface area contributed by atoms with Crippen molar-refractivity contribution >= 4 is 6.41 Å². The molecular weight excluding hydrogens is 318 g/mol. The van der Waals surface area contributed by atoms with Crippen molar-refractivity contribution in [3.63, 3.8) is 0 Å². The van der Waals surface area contributed by atoms with Gasteiger partial charge in [0.05, 0.1) is 27.4 Å². The number of rotatable bonds is 6. The Bertz CT molecular complexity index is 759. The van der Waals surface area contributed by atoms with Gasteiger partial charge in [-0.05, 0) is 53.8 Å². The molecule has 0 aliphatic carbocycles. The van der Waals surface area contributed by atoms with Crippen molar-refractivity contribution in [3.05, 3.63) is 53.1 Å². The minimum absolute atomic E-state index is 0.00487. The van der Waals surface area contributed by atoms with Gasteiger partial charge in [0.25, 0.3) is 0 Å². The van der Waals surface area contributed by atoms with Crippen LogP contribution in [-0.4, -0.2) is 39.2 Å². The fraction of sp³-hybridized carbons (Fsp3) is 0.350. The van der Waals surface area contributed by atoms with Crippen LogP contribution in [-0.2, 0) is 17.6 Å². The first-order valence-corrected chi connectivity index (χ1v) is 8.29. The molecule has 0 saturated heterocycles. The first kappa shape index (κ1) is 17.1. The van der Waals surface area contributed by atoms with E-state index in [9.17, 15) is 4.79 Å². The number of hydrogen-bond acceptors (Lipinski definition) is 4. The first-order chi connectivity index (χ1) is 12.2. The van der Waals surface area contributed by atoms with E-state index in [1.165, 1.54) is 11.1 Å². The summed E-state index contributed by atoms with van der Waals surface area (Å²) in [6.07, 6.45) is 2.50. The third-order valence-electron chi connectivity index (χ3n) is 4.76. The topological polar surface area (TPSA) is 48.0 Å². The number of methoxy groups -OCH3 is 3. The summed E-state index contributed by atoms with van der Waals surface area (Å²) in [5.41, 5.74) is 3.51. The van der Waals surface area contributed by atoms with E-state index >= 15 is 0 Å². The summed E-state index contributed by atoms with van der Waals surface area (Å²) >= 11 is 0. The normalized spacial score (nSPS) is 16.1. The second kappa shape index (κ2) is 7.47. The smallest absolute Gasteiger partial charge is 0.210 e. The molecule has 1 heterocycles. The van der Waals surface area contributed by atoms with Crippen LogP contribution in [0, 0.1) is 0 Å². The van der Waals surface area contributed by atoms with Crippen LogP contribution in [0.15, 0.2) is 36.4 Å². The molecule has 1 atom stereocenters. The van der Waals surface area contributed by atoms with Crippen LogP contribution in [0.4, 0.5) is 0 Å². The van der Waals surface area contributed by atoms with Crippen LogP contribution in [0.25, 0.3) is 0 Å². The molecule has 0 spiro atoms. The Morgan fingerprint density at radius 3 is 2.52 bits per heavy atom. The second-order valence-electron chi connectivity index (χ2n) is 6.07. The molecule has 0 radical (unpaired) electrons. The highest BCUT2D eigenvalue weighted by molar-refractivity contribution is 5.53. The van der Waals surface area contributed by atoms with Gasteiger partial charge in [-0.3, -0.25) is 4.79 Å². The van der Waals surface area contributed by atoms with Gasteiger partial charge in [0.1, 0.15) is 5.75 Å². The van der Waals surface area contributed by atoms with Gasteiger partial charge in [0, 0.05) is 6.54 Å². The summed E-state index contributed by atoms with van der Waals surface area (Å²) in [4.78, 5) is 13.4. The van der Waals surface area contributed by atoms with E-state index in [0.29, 0.717) is 18.0 Å². The zero-order valence-corrected chi connectivity index (χ0v) is 14.8. The minimum atomic E-state index is 0.00487. The molecule has 1 aliphatic heterocycles. The highest BCUT2D eigenvalue weighted by Crippen LogP contribution is 2.35. The molecule has 3 rings (SSSR count). The molecule has 0 bridgehead atoms. The molecule has 5 nitrogen and oxygen atoms in total. The van der Waals surface area contributed by atoms with E-state index in [0.717, 1.165) is 30.6 Å². The molecule has 2 aromatic carbocycles. The van der Waals surface area contributed by atoms with Crippen LogP contribution in [0.5, 0.6) is 17.2 Å². The van der Waals surface area contributed by atoms with Crippen LogP contribution < -0.4 is 14.2 Å². The van der Waals surface area contributed by atoms with Crippen LogP contribution in [0.1, 0.15) is 22.7 Å². The van der Waals surface area contributed by atoms with Crippen molar-refractivity contribution < 1.29 is 19.0 Å². The van der Waals surface area contributed by atoms with E-state index in [2.05, 4.69) is 12.1 Å². The largest absolute Gasteiger partial charge is 0.497 e. The van der Waals surface area contributed by atoms with Crippen LogP contribution in [0.3, 0.4) is 0 Å². The third kappa shape index (κ3) is 3.40. The summed E-state index contributed by atoms with van der Waals surface area (Å²) in [5.74, 6) is 2.25. The van der Waals surface area contributed by atoms with Crippen molar-refractivity contribution in [2.75, 3.05) is 27.9 Å². The van der Waals surface area contributed by atoms with E-state index in [1.54, 1.807) is 21.3 Å². The van der Waals surface area contributed by atoms with Gasteiger partial charge in [0.15, 0.2) is 11.5 Å². The summed E-state index contributed by atoms with van der Waals surface area (Å²) < 4.78 is 16.0. The molecule has 0 aromatic heterocycles. The number of fused-ring (bicyclic) bond motifs is 1.